The van der Waals surface area contributed by atoms with E-state index in [2.05, 4.69) is 5.32 Å². The van der Waals surface area contributed by atoms with Crippen molar-refractivity contribution in [3.8, 4) is 5.75 Å². The molecule has 0 unspecified atom stereocenters. The molecule has 0 aliphatic carbocycles. The van der Waals surface area contributed by atoms with Gasteiger partial charge in [-0.1, -0.05) is 38.1 Å². The number of ether oxygens (including phenoxy) is 1. The first kappa shape index (κ1) is 19.9. The molecular weight excluding hydrogens is 352 g/mol. The van der Waals surface area contributed by atoms with E-state index in [0.29, 0.717) is 24.4 Å². The maximum absolute atomic E-state index is 12.6. The smallest absolute Gasteiger partial charge is 0.251 e. The lowest BCUT2D eigenvalue weighted by Crippen LogP contribution is -2.31. The molecular formula is C19H24N2O4S. The average molecular weight is 376 g/mol. The molecule has 7 heteroatoms. The van der Waals surface area contributed by atoms with Gasteiger partial charge in [-0.05, 0) is 24.3 Å². The molecule has 0 aromatic heterocycles. The van der Waals surface area contributed by atoms with E-state index in [0.717, 1.165) is 5.56 Å². The molecule has 0 spiro atoms. The van der Waals surface area contributed by atoms with Crippen molar-refractivity contribution < 1.29 is 17.9 Å². The zero-order valence-electron chi connectivity index (χ0n) is 15.2. The van der Waals surface area contributed by atoms with Crippen LogP contribution in [-0.4, -0.2) is 38.8 Å². The minimum absolute atomic E-state index is 0.117. The Kier molecular flexibility index (Phi) is 6.76. The van der Waals surface area contributed by atoms with Gasteiger partial charge in [0.15, 0.2) is 0 Å². The normalized spacial score (nSPS) is 11.4. The van der Waals surface area contributed by atoms with Crippen LogP contribution in [0.1, 0.15) is 29.8 Å². The number of benzene rings is 2. The lowest BCUT2D eigenvalue weighted by molar-refractivity contribution is 0.0950. The summed E-state index contributed by atoms with van der Waals surface area (Å²) >= 11 is 0. The van der Waals surface area contributed by atoms with Crippen molar-refractivity contribution in [3.63, 3.8) is 0 Å². The molecule has 140 valence electrons. The Hall–Kier alpha value is -2.38. The molecule has 0 aliphatic rings. The lowest BCUT2D eigenvalue weighted by Gasteiger charge is -2.18. The Labute approximate surface area is 154 Å². The first-order valence-electron chi connectivity index (χ1n) is 8.44. The van der Waals surface area contributed by atoms with Crippen LogP contribution in [0.4, 0.5) is 0 Å². The van der Waals surface area contributed by atoms with Crippen molar-refractivity contribution in [3.05, 3.63) is 59.7 Å². The lowest BCUT2D eigenvalue weighted by atomic mass is 10.2. The summed E-state index contributed by atoms with van der Waals surface area (Å²) in [7, 11) is -2.03. The Balaban J connectivity index is 2.18. The van der Waals surface area contributed by atoms with Gasteiger partial charge in [-0.25, -0.2) is 8.42 Å². The average Bonchev–Trinajstić information content (AvgIpc) is 2.67. The molecule has 1 N–H and O–H groups in total. The van der Waals surface area contributed by atoms with E-state index in [9.17, 15) is 13.2 Å². The van der Waals surface area contributed by atoms with Crippen LogP contribution in [0.25, 0.3) is 0 Å². The predicted molar refractivity (Wildman–Crippen MR) is 101 cm³/mol. The molecule has 0 heterocycles. The molecule has 2 rings (SSSR count). The number of rotatable bonds is 8. The third-order valence-corrected chi connectivity index (χ3v) is 6.12. The predicted octanol–water partition coefficient (Wildman–Crippen LogP) is 2.66. The molecule has 0 fully saturated rings. The van der Waals surface area contributed by atoms with Gasteiger partial charge in [0.25, 0.3) is 5.91 Å². The van der Waals surface area contributed by atoms with Gasteiger partial charge in [-0.3, -0.25) is 4.79 Å². The summed E-state index contributed by atoms with van der Waals surface area (Å²) in [5.41, 5.74) is 1.14. The van der Waals surface area contributed by atoms with E-state index < -0.39 is 10.0 Å². The molecule has 1 amide bonds. The number of sulfonamides is 1. The summed E-state index contributed by atoms with van der Waals surface area (Å²) in [6, 6.07) is 13.5. The fourth-order valence-corrected chi connectivity index (χ4v) is 4.14. The van der Waals surface area contributed by atoms with Crippen molar-refractivity contribution in [1.29, 1.82) is 0 Å². The molecule has 0 atom stereocenters. The van der Waals surface area contributed by atoms with Crippen LogP contribution in [0.2, 0.25) is 0 Å². The standard InChI is InChI=1S/C19H24N2O4S/c1-4-21(5-2)26(23,24)17-11-8-10-15(13-17)19(22)20-14-16-9-6-7-12-18(16)25-3/h6-13H,4-5,14H2,1-3H3,(H,20,22). The highest BCUT2D eigenvalue weighted by Crippen LogP contribution is 2.19. The van der Waals surface area contributed by atoms with Gasteiger partial charge in [0.2, 0.25) is 10.0 Å². The Morgan fingerprint density at radius 2 is 1.77 bits per heavy atom. The first-order valence-corrected chi connectivity index (χ1v) is 9.88. The monoisotopic (exact) mass is 376 g/mol. The molecule has 2 aromatic carbocycles. The number of amides is 1. The topological polar surface area (TPSA) is 75.7 Å². The molecule has 0 radical (unpaired) electrons. The number of hydrogen-bond donors (Lipinski definition) is 1. The Bertz CT molecular complexity index is 861. The van der Waals surface area contributed by atoms with Gasteiger partial charge in [0.05, 0.1) is 12.0 Å². The quantitative estimate of drug-likeness (QED) is 0.768. The van der Waals surface area contributed by atoms with Gasteiger partial charge in [-0.15, -0.1) is 0 Å². The number of carbonyl (C=O) groups excluding carboxylic acids is 1. The van der Waals surface area contributed by atoms with Crippen LogP contribution in [0.5, 0.6) is 5.75 Å². The van der Waals surface area contributed by atoms with Gasteiger partial charge in [0.1, 0.15) is 5.75 Å². The number of para-hydroxylation sites is 1. The third-order valence-electron chi connectivity index (χ3n) is 4.07. The first-order chi connectivity index (χ1) is 12.4. The fourth-order valence-electron chi connectivity index (χ4n) is 2.64. The van der Waals surface area contributed by atoms with Gasteiger partial charge in [0, 0.05) is 30.8 Å². The second-order valence-corrected chi connectivity index (χ2v) is 7.55. The van der Waals surface area contributed by atoms with Gasteiger partial charge >= 0.3 is 0 Å². The van der Waals surface area contributed by atoms with E-state index in [1.165, 1.54) is 16.4 Å². The van der Waals surface area contributed by atoms with Crippen LogP contribution in [0.15, 0.2) is 53.4 Å². The zero-order chi connectivity index (χ0) is 19.2. The molecule has 6 nitrogen and oxygen atoms in total. The van der Waals surface area contributed by atoms with Gasteiger partial charge in [-0.2, -0.15) is 4.31 Å². The van der Waals surface area contributed by atoms with Crippen molar-refractivity contribution in [1.82, 2.24) is 9.62 Å². The number of hydrogen-bond acceptors (Lipinski definition) is 4. The highest BCUT2D eigenvalue weighted by Gasteiger charge is 2.22. The van der Waals surface area contributed by atoms with E-state index in [1.807, 2.05) is 24.3 Å². The van der Waals surface area contributed by atoms with Crippen LogP contribution >= 0.6 is 0 Å². The van der Waals surface area contributed by atoms with Crippen molar-refractivity contribution in [2.45, 2.75) is 25.3 Å². The van der Waals surface area contributed by atoms with Crippen LogP contribution in [0, 0.1) is 0 Å². The minimum Gasteiger partial charge on any atom is -0.496 e. The maximum Gasteiger partial charge on any atom is 0.251 e. The second-order valence-electron chi connectivity index (χ2n) is 5.61. The molecule has 26 heavy (non-hydrogen) atoms. The summed E-state index contributed by atoms with van der Waals surface area (Å²) < 4.78 is 31.8. The van der Waals surface area contributed by atoms with Crippen molar-refractivity contribution in [2.24, 2.45) is 0 Å². The molecule has 0 aliphatic heterocycles. The van der Waals surface area contributed by atoms with E-state index >= 15 is 0 Å². The number of carbonyl (C=O) groups is 1. The number of nitrogens with one attached hydrogen (secondary N) is 1. The minimum atomic E-state index is -3.60. The SMILES string of the molecule is CCN(CC)S(=O)(=O)c1cccc(C(=O)NCc2ccccc2OC)c1. The summed E-state index contributed by atoms with van der Waals surface area (Å²) in [4.78, 5) is 12.6. The number of nitrogens with zero attached hydrogens (tertiary/aromatic N) is 1. The van der Waals surface area contributed by atoms with E-state index in [1.54, 1.807) is 33.1 Å². The van der Waals surface area contributed by atoms with Crippen LogP contribution in [0.3, 0.4) is 0 Å². The Morgan fingerprint density at radius 3 is 2.42 bits per heavy atom. The molecule has 0 bridgehead atoms. The third kappa shape index (κ3) is 4.42. The molecule has 0 saturated carbocycles. The largest absolute Gasteiger partial charge is 0.496 e. The van der Waals surface area contributed by atoms with Crippen LogP contribution < -0.4 is 10.1 Å². The summed E-state index contributed by atoms with van der Waals surface area (Å²) in [5, 5.41) is 2.80. The van der Waals surface area contributed by atoms with Gasteiger partial charge < -0.3 is 10.1 Å². The summed E-state index contributed by atoms with van der Waals surface area (Å²) in [5.74, 6) is 0.346. The van der Waals surface area contributed by atoms with E-state index in [4.69, 9.17) is 4.74 Å². The second kappa shape index (κ2) is 8.82. The highest BCUT2D eigenvalue weighted by molar-refractivity contribution is 7.89. The Morgan fingerprint density at radius 1 is 1.08 bits per heavy atom. The summed E-state index contributed by atoms with van der Waals surface area (Å²) in [6.07, 6.45) is 0. The van der Waals surface area contributed by atoms with Crippen molar-refractivity contribution >= 4 is 15.9 Å². The maximum atomic E-state index is 12.6. The molecule has 0 saturated heterocycles. The van der Waals surface area contributed by atoms with Crippen LogP contribution in [-0.2, 0) is 16.6 Å². The summed E-state index contributed by atoms with van der Waals surface area (Å²) in [6.45, 7) is 4.61. The fraction of sp³-hybridized carbons (Fsp3) is 0.316. The van der Waals surface area contributed by atoms with E-state index in [-0.39, 0.29) is 17.3 Å². The highest BCUT2D eigenvalue weighted by atomic mass is 32.2. The number of methoxy groups -OCH3 is 1. The zero-order valence-corrected chi connectivity index (χ0v) is 16.0. The van der Waals surface area contributed by atoms with Crippen molar-refractivity contribution in [2.75, 3.05) is 20.2 Å². The molecule has 2 aromatic rings.